The van der Waals surface area contributed by atoms with Gasteiger partial charge in [-0.25, -0.2) is 8.42 Å². The van der Waals surface area contributed by atoms with Crippen LogP contribution in [0.3, 0.4) is 0 Å². The lowest BCUT2D eigenvalue weighted by molar-refractivity contribution is -0.385. The zero-order valence-corrected chi connectivity index (χ0v) is 14.5. The van der Waals surface area contributed by atoms with Crippen LogP contribution in [0.1, 0.15) is 23.7 Å². The van der Waals surface area contributed by atoms with Crippen molar-refractivity contribution in [3.8, 4) is 0 Å². The molecular weight excluding hydrogens is 346 g/mol. The Morgan fingerprint density at radius 3 is 2.39 bits per heavy atom. The molecule has 0 saturated carbocycles. The lowest BCUT2D eigenvalue weighted by Crippen LogP contribution is -2.32. The third kappa shape index (κ3) is 6.93. The van der Waals surface area contributed by atoms with Gasteiger partial charge in [-0.2, -0.15) is 0 Å². The van der Waals surface area contributed by atoms with Crippen LogP contribution in [-0.2, 0) is 9.84 Å². The summed E-state index contributed by atoms with van der Waals surface area (Å²) in [4.78, 5) is 21.8. The fraction of sp³-hybridized carbons (Fsp3) is 0.462. The number of nitro groups is 1. The zero-order chi connectivity index (χ0) is 16.8. The summed E-state index contributed by atoms with van der Waals surface area (Å²) in [7, 11) is -3.64. The van der Waals surface area contributed by atoms with E-state index < -0.39 is 26.4 Å². The Hall–Kier alpha value is -1.71. The number of sulfone groups is 1. The van der Waals surface area contributed by atoms with Gasteiger partial charge >= 0.3 is 0 Å². The van der Waals surface area contributed by atoms with Crippen molar-refractivity contribution in [2.24, 2.45) is 0 Å². The average Bonchev–Trinajstić information content (AvgIpc) is 2.45. The quantitative estimate of drug-likeness (QED) is 0.405. The molecule has 0 aliphatic heterocycles. The van der Waals surface area contributed by atoms with Gasteiger partial charge in [0, 0.05) is 37.0 Å². The highest BCUT2D eigenvalue weighted by Gasteiger charge is 2.18. The van der Waals surface area contributed by atoms with E-state index in [1.165, 1.54) is 0 Å². The minimum Gasteiger partial charge on any atom is -0.351 e. The number of amides is 1. The van der Waals surface area contributed by atoms with E-state index in [0.29, 0.717) is 13.1 Å². The van der Waals surface area contributed by atoms with Gasteiger partial charge in [-0.15, -0.1) is 12.4 Å². The number of hydrogen-bond donors (Lipinski definition) is 2. The maximum absolute atomic E-state index is 12.0. The van der Waals surface area contributed by atoms with Crippen LogP contribution in [0, 0.1) is 10.1 Å². The fourth-order valence-electron chi connectivity index (χ4n) is 1.70. The van der Waals surface area contributed by atoms with Gasteiger partial charge in [0.2, 0.25) is 0 Å². The Balaban J connectivity index is 0.00000484. The van der Waals surface area contributed by atoms with Crippen LogP contribution in [0.4, 0.5) is 5.69 Å². The summed E-state index contributed by atoms with van der Waals surface area (Å²) in [5.74, 6) is -0.549. The van der Waals surface area contributed by atoms with Gasteiger partial charge in [0.1, 0.15) is 0 Å². The number of carbonyl (C=O) groups excluding carboxylic acids is 1. The molecule has 23 heavy (non-hydrogen) atoms. The molecule has 0 unspecified atom stereocenters. The molecule has 8 nitrogen and oxygen atoms in total. The first kappa shape index (κ1) is 21.3. The number of nitrogens with zero attached hydrogens (tertiary/aromatic N) is 1. The number of rotatable bonds is 8. The number of nitrogens with one attached hydrogen (secondary N) is 2. The van der Waals surface area contributed by atoms with E-state index in [1.807, 2.05) is 6.92 Å². The minimum atomic E-state index is -3.64. The molecule has 0 heterocycles. The van der Waals surface area contributed by atoms with Gasteiger partial charge in [-0.3, -0.25) is 14.9 Å². The molecule has 1 amide bonds. The topological polar surface area (TPSA) is 118 Å². The Labute approximate surface area is 141 Å². The van der Waals surface area contributed by atoms with Gasteiger partial charge in [-0.1, -0.05) is 6.92 Å². The molecule has 10 heteroatoms. The van der Waals surface area contributed by atoms with E-state index in [1.54, 1.807) is 0 Å². The van der Waals surface area contributed by atoms with E-state index in [9.17, 15) is 23.3 Å². The van der Waals surface area contributed by atoms with Gasteiger partial charge in [-0.05, 0) is 19.0 Å². The van der Waals surface area contributed by atoms with Gasteiger partial charge in [0.05, 0.1) is 9.82 Å². The Morgan fingerprint density at radius 2 is 1.87 bits per heavy atom. The van der Waals surface area contributed by atoms with Crippen molar-refractivity contribution in [3.05, 3.63) is 33.9 Å². The molecule has 1 rings (SSSR count). The fourth-order valence-corrected chi connectivity index (χ4v) is 2.38. The zero-order valence-electron chi connectivity index (χ0n) is 12.9. The molecule has 0 aromatic heterocycles. The number of non-ortho nitro benzene ring substituents is 1. The van der Waals surface area contributed by atoms with Crippen molar-refractivity contribution in [1.29, 1.82) is 0 Å². The lowest BCUT2D eigenvalue weighted by Gasteiger charge is -2.07. The van der Waals surface area contributed by atoms with Crippen LogP contribution < -0.4 is 10.6 Å². The molecule has 1 aromatic rings. The van der Waals surface area contributed by atoms with Crippen LogP contribution in [0.15, 0.2) is 23.1 Å². The molecule has 130 valence electrons. The number of halogens is 1. The van der Waals surface area contributed by atoms with Crippen LogP contribution in [0.25, 0.3) is 0 Å². The van der Waals surface area contributed by atoms with Crippen molar-refractivity contribution in [1.82, 2.24) is 10.6 Å². The van der Waals surface area contributed by atoms with Crippen LogP contribution in [0.2, 0.25) is 0 Å². The highest BCUT2D eigenvalue weighted by Crippen LogP contribution is 2.20. The molecule has 2 N–H and O–H groups in total. The largest absolute Gasteiger partial charge is 0.351 e. The first-order valence-electron chi connectivity index (χ1n) is 6.74. The van der Waals surface area contributed by atoms with E-state index in [2.05, 4.69) is 10.6 Å². The molecule has 0 aliphatic carbocycles. The van der Waals surface area contributed by atoms with Crippen LogP contribution >= 0.6 is 12.4 Å². The molecular formula is C13H20ClN3O5S. The Morgan fingerprint density at radius 1 is 1.22 bits per heavy atom. The molecule has 0 radical (unpaired) electrons. The molecule has 0 spiro atoms. The maximum atomic E-state index is 12.0. The van der Waals surface area contributed by atoms with Crippen molar-refractivity contribution < 1.29 is 18.1 Å². The van der Waals surface area contributed by atoms with E-state index in [4.69, 9.17) is 0 Å². The second kappa shape index (κ2) is 9.43. The van der Waals surface area contributed by atoms with Crippen molar-refractivity contribution >= 4 is 33.8 Å². The molecule has 0 saturated heterocycles. The number of benzene rings is 1. The van der Waals surface area contributed by atoms with Gasteiger partial charge in [0.15, 0.2) is 9.84 Å². The first-order valence-corrected chi connectivity index (χ1v) is 8.63. The smallest absolute Gasteiger partial charge is 0.271 e. The van der Waals surface area contributed by atoms with Crippen LogP contribution in [-0.4, -0.2) is 45.1 Å². The summed E-state index contributed by atoms with van der Waals surface area (Å²) in [6.45, 7) is 3.75. The predicted molar refractivity (Wildman–Crippen MR) is 88.9 cm³/mol. The third-order valence-corrected chi connectivity index (χ3v) is 3.90. The summed E-state index contributed by atoms with van der Waals surface area (Å²) < 4.78 is 23.1. The summed E-state index contributed by atoms with van der Waals surface area (Å²) >= 11 is 0. The van der Waals surface area contributed by atoms with Crippen LogP contribution in [0.5, 0.6) is 0 Å². The highest BCUT2D eigenvalue weighted by molar-refractivity contribution is 7.90. The van der Waals surface area contributed by atoms with E-state index in [-0.39, 0.29) is 22.9 Å². The van der Waals surface area contributed by atoms with E-state index in [0.717, 1.165) is 37.4 Å². The average molecular weight is 366 g/mol. The normalized spacial score (nSPS) is 10.7. The van der Waals surface area contributed by atoms with E-state index >= 15 is 0 Å². The number of carbonyl (C=O) groups is 1. The molecule has 0 atom stereocenters. The third-order valence-electron chi connectivity index (χ3n) is 2.81. The standard InChI is InChI=1S/C13H19N3O5S.ClH/c1-3-4-14-5-6-15-13(17)10-7-11(16(18)19)9-12(8-10)22(2,20)21;/h7-9,14H,3-6H2,1-2H3,(H,15,17);1H. The minimum absolute atomic E-state index is 0. The maximum Gasteiger partial charge on any atom is 0.271 e. The summed E-state index contributed by atoms with van der Waals surface area (Å²) in [6.07, 6.45) is 1.90. The Kier molecular flexibility index (Phi) is 8.73. The SMILES string of the molecule is CCCNCCNC(=O)c1cc([N+](=O)[O-])cc(S(C)(=O)=O)c1.Cl. The number of nitro benzene ring substituents is 1. The summed E-state index contributed by atoms with van der Waals surface area (Å²) in [5, 5.41) is 16.5. The predicted octanol–water partition coefficient (Wildman–Crippen LogP) is 1.15. The monoisotopic (exact) mass is 365 g/mol. The summed E-state index contributed by atoms with van der Waals surface area (Å²) in [6, 6.07) is 3.13. The summed E-state index contributed by atoms with van der Waals surface area (Å²) in [5.41, 5.74) is -0.484. The van der Waals surface area contributed by atoms with Crippen molar-refractivity contribution in [3.63, 3.8) is 0 Å². The molecule has 0 aliphatic rings. The van der Waals surface area contributed by atoms with Gasteiger partial charge in [0.25, 0.3) is 11.6 Å². The highest BCUT2D eigenvalue weighted by atomic mass is 35.5. The molecule has 0 fully saturated rings. The Bertz CT molecular complexity index is 664. The molecule has 0 bridgehead atoms. The van der Waals surface area contributed by atoms with Crippen molar-refractivity contribution in [2.45, 2.75) is 18.2 Å². The second-order valence-corrected chi connectivity index (χ2v) is 6.77. The lowest BCUT2D eigenvalue weighted by atomic mass is 10.2. The van der Waals surface area contributed by atoms with Gasteiger partial charge < -0.3 is 10.6 Å². The second-order valence-electron chi connectivity index (χ2n) is 4.75. The molecule has 1 aromatic carbocycles. The van der Waals surface area contributed by atoms with Crippen molar-refractivity contribution in [2.75, 3.05) is 25.9 Å². The first-order chi connectivity index (χ1) is 10.3. The number of hydrogen-bond acceptors (Lipinski definition) is 6.